The number of rotatable bonds is 3. The SMILES string of the molecule is O=C(C=Cc1ccccc1)N1CCC(c2ccc3c(c2)CCO3)C1. The third kappa shape index (κ3) is 3.07. The molecule has 0 spiro atoms. The summed E-state index contributed by atoms with van der Waals surface area (Å²) in [6, 6.07) is 16.4. The fraction of sp³-hybridized carbons (Fsp3) is 0.286. The van der Waals surface area contributed by atoms with Gasteiger partial charge in [-0.2, -0.15) is 0 Å². The summed E-state index contributed by atoms with van der Waals surface area (Å²) < 4.78 is 5.58. The molecule has 1 amide bonds. The Bertz CT molecular complexity index is 767. The van der Waals surface area contributed by atoms with Crippen LogP contribution in [0.25, 0.3) is 6.08 Å². The van der Waals surface area contributed by atoms with Gasteiger partial charge in [0.15, 0.2) is 0 Å². The van der Waals surface area contributed by atoms with E-state index < -0.39 is 0 Å². The van der Waals surface area contributed by atoms with Gasteiger partial charge in [-0.1, -0.05) is 42.5 Å². The lowest BCUT2D eigenvalue weighted by molar-refractivity contribution is -0.124. The van der Waals surface area contributed by atoms with Crippen molar-refractivity contribution < 1.29 is 9.53 Å². The first-order chi connectivity index (χ1) is 11.8. The van der Waals surface area contributed by atoms with Gasteiger partial charge < -0.3 is 9.64 Å². The highest BCUT2D eigenvalue weighted by Gasteiger charge is 2.27. The molecule has 2 aliphatic heterocycles. The van der Waals surface area contributed by atoms with Crippen LogP contribution in [0.5, 0.6) is 5.75 Å². The van der Waals surface area contributed by atoms with Crippen molar-refractivity contribution in [3.63, 3.8) is 0 Å². The maximum absolute atomic E-state index is 12.4. The Labute approximate surface area is 142 Å². The molecule has 1 unspecified atom stereocenters. The molecule has 0 radical (unpaired) electrons. The van der Waals surface area contributed by atoms with E-state index in [4.69, 9.17) is 4.74 Å². The van der Waals surface area contributed by atoms with Crippen LogP contribution in [0, 0.1) is 0 Å². The number of ether oxygens (including phenoxy) is 1. The van der Waals surface area contributed by atoms with Crippen LogP contribution in [-0.2, 0) is 11.2 Å². The molecule has 4 rings (SSSR count). The number of carbonyl (C=O) groups is 1. The Morgan fingerprint density at radius 2 is 2.04 bits per heavy atom. The molecular formula is C21H21NO2. The van der Waals surface area contributed by atoms with Crippen molar-refractivity contribution in [1.29, 1.82) is 0 Å². The summed E-state index contributed by atoms with van der Waals surface area (Å²) in [6.07, 6.45) is 5.61. The zero-order valence-corrected chi connectivity index (χ0v) is 13.7. The van der Waals surface area contributed by atoms with Crippen molar-refractivity contribution in [3.8, 4) is 5.75 Å². The van der Waals surface area contributed by atoms with E-state index in [0.29, 0.717) is 5.92 Å². The van der Waals surface area contributed by atoms with Gasteiger partial charge >= 0.3 is 0 Å². The molecule has 122 valence electrons. The number of hydrogen-bond donors (Lipinski definition) is 0. The molecule has 2 aliphatic rings. The van der Waals surface area contributed by atoms with Crippen LogP contribution in [0.4, 0.5) is 0 Å². The van der Waals surface area contributed by atoms with Crippen LogP contribution in [0.1, 0.15) is 29.0 Å². The van der Waals surface area contributed by atoms with E-state index in [2.05, 4.69) is 18.2 Å². The second-order valence-electron chi connectivity index (χ2n) is 6.48. The fourth-order valence-electron chi connectivity index (χ4n) is 3.53. The van der Waals surface area contributed by atoms with Crippen molar-refractivity contribution >= 4 is 12.0 Å². The molecule has 1 fully saturated rings. The van der Waals surface area contributed by atoms with Crippen LogP contribution in [-0.4, -0.2) is 30.5 Å². The number of hydrogen-bond acceptors (Lipinski definition) is 2. The van der Waals surface area contributed by atoms with Crippen LogP contribution < -0.4 is 4.74 Å². The molecule has 1 saturated heterocycles. The number of carbonyl (C=O) groups excluding carboxylic acids is 1. The van der Waals surface area contributed by atoms with Crippen LogP contribution >= 0.6 is 0 Å². The largest absolute Gasteiger partial charge is 0.493 e. The van der Waals surface area contributed by atoms with E-state index in [-0.39, 0.29) is 5.91 Å². The highest BCUT2D eigenvalue weighted by molar-refractivity contribution is 5.92. The molecule has 2 heterocycles. The molecule has 1 atom stereocenters. The Morgan fingerprint density at radius 3 is 2.92 bits per heavy atom. The topological polar surface area (TPSA) is 29.5 Å². The molecule has 0 saturated carbocycles. The van der Waals surface area contributed by atoms with Crippen molar-refractivity contribution in [2.24, 2.45) is 0 Å². The second kappa shape index (κ2) is 6.52. The summed E-state index contributed by atoms with van der Waals surface area (Å²) >= 11 is 0. The molecule has 0 N–H and O–H groups in total. The summed E-state index contributed by atoms with van der Waals surface area (Å²) in [5.41, 5.74) is 3.70. The van der Waals surface area contributed by atoms with Crippen molar-refractivity contribution in [1.82, 2.24) is 4.90 Å². The minimum absolute atomic E-state index is 0.103. The second-order valence-corrected chi connectivity index (χ2v) is 6.48. The minimum atomic E-state index is 0.103. The zero-order valence-electron chi connectivity index (χ0n) is 13.7. The molecule has 0 aliphatic carbocycles. The first-order valence-electron chi connectivity index (χ1n) is 8.57. The molecule has 0 aromatic heterocycles. The van der Waals surface area contributed by atoms with Crippen molar-refractivity contribution in [3.05, 3.63) is 71.3 Å². The van der Waals surface area contributed by atoms with Gasteiger partial charge in [0.25, 0.3) is 0 Å². The van der Waals surface area contributed by atoms with Crippen molar-refractivity contribution in [2.45, 2.75) is 18.8 Å². The Balaban J connectivity index is 1.41. The number of likely N-dealkylation sites (tertiary alicyclic amines) is 1. The van der Waals surface area contributed by atoms with Crippen molar-refractivity contribution in [2.75, 3.05) is 19.7 Å². The normalized spacial score (nSPS) is 19.5. The summed E-state index contributed by atoms with van der Waals surface area (Å²) in [5, 5.41) is 0. The number of fused-ring (bicyclic) bond motifs is 1. The van der Waals surface area contributed by atoms with Gasteiger partial charge in [-0.3, -0.25) is 4.79 Å². The van der Waals surface area contributed by atoms with E-state index in [9.17, 15) is 4.79 Å². The van der Waals surface area contributed by atoms with E-state index in [0.717, 1.165) is 43.9 Å². The standard InChI is InChI=1S/C21H21NO2/c23-21(9-6-16-4-2-1-3-5-16)22-12-10-19(15-22)17-7-8-20-18(14-17)11-13-24-20/h1-9,14,19H,10-13,15H2. The van der Waals surface area contributed by atoms with E-state index in [1.807, 2.05) is 41.3 Å². The predicted octanol–water partition coefficient (Wildman–Crippen LogP) is 3.65. The first kappa shape index (κ1) is 15.0. The summed E-state index contributed by atoms with van der Waals surface area (Å²) in [4.78, 5) is 14.4. The lowest BCUT2D eigenvalue weighted by atomic mass is 9.96. The summed E-state index contributed by atoms with van der Waals surface area (Å²) in [7, 11) is 0. The number of nitrogens with zero attached hydrogens (tertiary/aromatic N) is 1. The van der Waals surface area contributed by atoms with Crippen LogP contribution in [0.2, 0.25) is 0 Å². The predicted molar refractivity (Wildman–Crippen MR) is 95.1 cm³/mol. The minimum Gasteiger partial charge on any atom is -0.493 e. The zero-order chi connectivity index (χ0) is 16.4. The highest BCUT2D eigenvalue weighted by Crippen LogP contribution is 2.33. The average Bonchev–Trinajstić information content (AvgIpc) is 3.29. The van der Waals surface area contributed by atoms with Gasteiger partial charge in [0.05, 0.1) is 6.61 Å². The number of amides is 1. The lowest BCUT2D eigenvalue weighted by Gasteiger charge is -2.15. The van der Waals surface area contributed by atoms with Gasteiger partial charge in [0.2, 0.25) is 5.91 Å². The van der Waals surface area contributed by atoms with Gasteiger partial charge in [0, 0.05) is 31.5 Å². The summed E-state index contributed by atoms with van der Waals surface area (Å²) in [6.45, 7) is 2.42. The fourth-order valence-corrected chi connectivity index (χ4v) is 3.53. The Kier molecular flexibility index (Phi) is 4.08. The van der Waals surface area contributed by atoms with E-state index in [1.54, 1.807) is 6.08 Å². The lowest BCUT2D eigenvalue weighted by Crippen LogP contribution is -2.26. The van der Waals surface area contributed by atoms with Gasteiger partial charge in [-0.15, -0.1) is 0 Å². The first-order valence-corrected chi connectivity index (χ1v) is 8.57. The molecule has 24 heavy (non-hydrogen) atoms. The third-order valence-corrected chi connectivity index (χ3v) is 4.90. The molecule has 2 aromatic rings. The highest BCUT2D eigenvalue weighted by atomic mass is 16.5. The van der Waals surface area contributed by atoms with Crippen LogP contribution in [0.3, 0.4) is 0 Å². The number of benzene rings is 2. The maximum atomic E-state index is 12.4. The van der Waals surface area contributed by atoms with Gasteiger partial charge in [0.1, 0.15) is 5.75 Å². The summed E-state index contributed by atoms with van der Waals surface area (Å²) in [5.74, 6) is 1.56. The van der Waals surface area contributed by atoms with E-state index in [1.165, 1.54) is 11.1 Å². The maximum Gasteiger partial charge on any atom is 0.246 e. The molecule has 3 heteroatoms. The third-order valence-electron chi connectivity index (χ3n) is 4.90. The molecular weight excluding hydrogens is 298 g/mol. The Morgan fingerprint density at radius 1 is 1.17 bits per heavy atom. The monoisotopic (exact) mass is 319 g/mol. The molecule has 3 nitrogen and oxygen atoms in total. The molecule has 2 aromatic carbocycles. The molecule has 0 bridgehead atoms. The van der Waals surface area contributed by atoms with Gasteiger partial charge in [-0.05, 0) is 35.3 Å². The smallest absolute Gasteiger partial charge is 0.246 e. The van der Waals surface area contributed by atoms with Gasteiger partial charge in [-0.25, -0.2) is 0 Å². The Hall–Kier alpha value is -2.55. The van der Waals surface area contributed by atoms with Crippen LogP contribution in [0.15, 0.2) is 54.6 Å². The van der Waals surface area contributed by atoms with E-state index >= 15 is 0 Å². The average molecular weight is 319 g/mol. The quantitative estimate of drug-likeness (QED) is 0.808.